The summed E-state index contributed by atoms with van der Waals surface area (Å²) >= 11 is 0. The second-order valence-corrected chi connectivity index (χ2v) is 9.51. The quantitative estimate of drug-likeness (QED) is 0.785. The third kappa shape index (κ3) is 3.70. The van der Waals surface area contributed by atoms with Crippen LogP contribution in [0.4, 0.5) is 0 Å². The van der Waals surface area contributed by atoms with Crippen molar-refractivity contribution in [3.05, 3.63) is 30.0 Å². The van der Waals surface area contributed by atoms with Crippen LogP contribution >= 0.6 is 0 Å². The molecular formula is C18H26N6O3S. The van der Waals surface area contributed by atoms with E-state index < -0.39 is 10.0 Å². The average Bonchev–Trinajstić information content (AvgIpc) is 3.43. The number of aromatic nitrogens is 4. The van der Waals surface area contributed by atoms with Gasteiger partial charge in [-0.25, -0.2) is 13.4 Å². The van der Waals surface area contributed by atoms with Crippen LogP contribution < -0.4 is 5.32 Å². The Labute approximate surface area is 164 Å². The third-order valence-electron chi connectivity index (χ3n) is 5.59. The summed E-state index contributed by atoms with van der Waals surface area (Å²) in [6.45, 7) is 0.423. The maximum Gasteiger partial charge on any atom is 0.271 e. The fraction of sp³-hybridized carbons (Fsp3) is 0.611. The Morgan fingerprint density at radius 2 is 1.96 bits per heavy atom. The summed E-state index contributed by atoms with van der Waals surface area (Å²) in [6.07, 6.45) is 9.66. The number of amides is 1. The maximum atomic E-state index is 13.1. The van der Waals surface area contributed by atoms with Gasteiger partial charge < -0.3 is 9.88 Å². The Kier molecular flexibility index (Phi) is 5.24. The molecule has 0 bridgehead atoms. The lowest BCUT2D eigenvalue weighted by Gasteiger charge is -2.33. The molecule has 1 aliphatic heterocycles. The molecule has 28 heavy (non-hydrogen) atoms. The van der Waals surface area contributed by atoms with E-state index in [0.29, 0.717) is 24.4 Å². The minimum absolute atomic E-state index is 0.0422. The van der Waals surface area contributed by atoms with Crippen molar-refractivity contribution < 1.29 is 13.2 Å². The molecule has 2 N–H and O–H groups in total. The van der Waals surface area contributed by atoms with E-state index in [1.54, 1.807) is 17.7 Å². The number of H-pyrrole nitrogens is 1. The van der Waals surface area contributed by atoms with Crippen LogP contribution in [0.3, 0.4) is 0 Å². The van der Waals surface area contributed by atoms with Crippen LogP contribution in [0, 0.1) is 0 Å². The first-order chi connectivity index (χ1) is 13.4. The molecule has 4 rings (SSSR count). The molecule has 1 aliphatic carbocycles. The van der Waals surface area contributed by atoms with Gasteiger partial charge in [-0.3, -0.25) is 9.89 Å². The Morgan fingerprint density at radius 3 is 2.68 bits per heavy atom. The summed E-state index contributed by atoms with van der Waals surface area (Å²) in [5.41, 5.74) is 0.957. The second kappa shape index (κ2) is 7.67. The molecule has 0 radical (unpaired) electrons. The Balaban J connectivity index is 1.55. The predicted molar refractivity (Wildman–Crippen MR) is 102 cm³/mol. The predicted octanol–water partition coefficient (Wildman–Crippen LogP) is 1.73. The number of carbonyl (C=O) groups excluding carboxylic acids is 1. The van der Waals surface area contributed by atoms with Gasteiger partial charge in [0.15, 0.2) is 5.03 Å². The number of aryl methyl sites for hydroxylation is 1. The first kappa shape index (κ1) is 19.1. The van der Waals surface area contributed by atoms with Crippen LogP contribution in [0.25, 0.3) is 0 Å². The molecule has 2 aromatic rings. The third-order valence-corrected chi connectivity index (χ3v) is 7.38. The van der Waals surface area contributed by atoms with E-state index in [2.05, 4.69) is 20.5 Å². The molecule has 9 nitrogen and oxygen atoms in total. The molecule has 2 aliphatic rings. The highest BCUT2D eigenvalue weighted by molar-refractivity contribution is 7.89. The number of hydrogen-bond acceptors (Lipinski definition) is 5. The molecule has 10 heteroatoms. The van der Waals surface area contributed by atoms with Crippen LogP contribution in [0.1, 0.15) is 67.2 Å². The molecule has 0 spiro atoms. The normalized spacial score (nSPS) is 21.8. The summed E-state index contributed by atoms with van der Waals surface area (Å²) in [4.78, 5) is 16.5. The van der Waals surface area contributed by atoms with Gasteiger partial charge in [-0.15, -0.1) is 0 Å². The number of hydrogen-bond donors (Lipinski definition) is 2. The molecule has 1 unspecified atom stereocenters. The van der Waals surface area contributed by atoms with Gasteiger partial charge in [0.05, 0.1) is 18.1 Å². The van der Waals surface area contributed by atoms with Gasteiger partial charge in [0.1, 0.15) is 5.69 Å². The number of rotatable bonds is 5. The maximum absolute atomic E-state index is 13.1. The number of carbonyl (C=O) groups is 1. The van der Waals surface area contributed by atoms with E-state index in [0.717, 1.165) is 38.5 Å². The Hall–Kier alpha value is -2.20. The lowest BCUT2D eigenvalue weighted by atomic mass is 10.0. The Bertz CT molecular complexity index is 944. The summed E-state index contributed by atoms with van der Waals surface area (Å²) in [5.74, 6) is -0.204. The smallest absolute Gasteiger partial charge is 0.271 e. The van der Waals surface area contributed by atoms with Crippen molar-refractivity contribution in [3.63, 3.8) is 0 Å². The standard InChI is InChI=1S/C18H26N6O3S/c1-23-11-17(19-12-23)28(26,27)24-9-5-4-8-16(24)14-10-15(22-21-14)18(25)20-13-6-2-3-7-13/h10-13,16H,2-9H2,1H3,(H,20,25)(H,21,22). The first-order valence-corrected chi connectivity index (χ1v) is 11.2. The SMILES string of the molecule is Cn1cnc(S(=O)(=O)N2CCCCC2c2cc(C(=O)NC3CCCC3)n[nH]2)c1. The number of nitrogens with zero attached hydrogens (tertiary/aromatic N) is 4. The van der Waals surface area contributed by atoms with Gasteiger partial charge in [0, 0.05) is 25.8 Å². The van der Waals surface area contributed by atoms with E-state index >= 15 is 0 Å². The van der Waals surface area contributed by atoms with Crippen LogP contribution in [-0.2, 0) is 17.1 Å². The van der Waals surface area contributed by atoms with E-state index in [4.69, 9.17) is 0 Å². The van der Waals surface area contributed by atoms with Crippen LogP contribution in [0.2, 0.25) is 0 Å². The summed E-state index contributed by atoms with van der Waals surface area (Å²) in [7, 11) is -1.98. The second-order valence-electron chi connectivity index (χ2n) is 7.67. The fourth-order valence-electron chi connectivity index (χ4n) is 4.10. The molecule has 2 fully saturated rings. The molecule has 1 atom stereocenters. The van der Waals surface area contributed by atoms with Crippen LogP contribution in [0.5, 0.6) is 0 Å². The molecule has 0 aromatic carbocycles. The molecule has 1 saturated carbocycles. The summed E-state index contributed by atoms with van der Waals surface area (Å²) in [6, 6.07) is 1.52. The molecule has 3 heterocycles. The zero-order chi connectivity index (χ0) is 19.7. The highest BCUT2D eigenvalue weighted by atomic mass is 32.2. The Morgan fingerprint density at radius 1 is 1.21 bits per heavy atom. The van der Waals surface area contributed by atoms with Crippen LogP contribution in [0.15, 0.2) is 23.6 Å². The van der Waals surface area contributed by atoms with E-state index in [1.165, 1.54) is 16.8 Å². The molecule has 1 saturated heterocycles. The number of sulfonamides is 1. The largest absolute Gasteiger partial charge is 0.348 e. The highest BCUT2D eigenvalue weighted by Crippen LogP contribution is 2.34. The number of piperidine rings is 1. The number of aromatic amines is 1. The van der Waals surface area contributed by atoms with E-state index in [9.17, 15) is 13.2 Å². The van der Waals surface area contributed by atoms with Crippen molar-refractivity contribution in [2.75, 3.05) is 6.54 Å². The van der Waals surface area contributed by atoms with Gasteiger partial charge in [0.25, 0.3) is 15.9 Å². The zero-order valence-electron chi connectivity index (χ0n) is 16.0. The van der Waals surface area contributed by atoms with Crippen LogP contribution in [-0.4, -0.2) is 51.0 Å². The lowest BCUT2D eigenvalue weighted by Crippen LogP contribution is -2.38. The topological polar surface area (TPSA) is 113 Å². The molecule has 152 valence electrons. The minimum Gasteiger partial charge on any atom is -0.348 e. The van der Waals surface area contributed by atoms with Gasteiger partial charge in [-0.05, 0) is 31.7 Å². The average molecular weight is 407 g/mol. The number of nitrogens with one attached hydrogen (secondary N) is 2. The highest BCUT2D eigenvalue weighted by Gasteiger charge is 2.37. The van der Waals surface area contributed by atoms with Crippen molar-refractivity contribution in [3.8, 4) is 0 Å². The number of imidazole rings is 1. The van der Waals surface area contributed by atoms with Crippen molar-refractivity contribution in [2.24, 2.45) is 7.05 Å². The minimum atomic E-state index is -3.72. The van der Waals surface area contributed by atoms with Gasteiger partial charge >= 0.3 is 0 Å². The van der Waals surface area contributed by atoms with Gasteiger partial charge in [-0.2, -0.15) is 9.40 Å². The first-order valence-electron chi connectivity index (χ1n) is 9.81. The fourth-order valence-corrected chi connectivity index (χ4v) is 5.74. The summed E-state index contributed by atoms with van der Waals surface area (Å²) < 4.78 is 29.3. The van der Waals surface area contributed by atoms with Gasteiger partial charge in [0.2, 0.25) is 0 Å². The summed E-state index contributed by atoms with van der Waals surface area (Å²) in [5, 5.41) is 10.1. The van der Waals surface area contributed by atoms with Crippen molar-refractivity contribution in [2.45, 2.75) is 62.1 Å². The van der Waals surface area contributed by atoms with Crippen molar-refractivity contribution in [1.82, 2.24) is 29.4 Å². The van der Waals surface area contributed by atoms with Crippen molar-refractivity contribution in [1.29, 1.82) is 0 Å². The molecule has 1 amide bonds. The lowest BCUT2D eigenvalue weighted by molar-refractivity contribution is 0.0933. The van der Waals surface area contributed by atoms with E-state index in [1.807, 2.05) is 0 Å². The monoisotopic (exact) mass is 406 g/mol. The molecule has 2 aromatic heterocycles. The zero-order valence-corrected chi connectivity index (χ0v) is 16.8. The molecular weight excluding hydrogens is 380 g/mol. The van der Waals surface area contributed by atoms with Gasteiger partial charge in [-0.1, -0.05) is 19.3 Å². The van der Waals surface area contributed by atoms with E-state index in [-0.39, 0.29) is 23.0 Å². The van der Waals surface area contributed by atoms with Crippen molar-refractivity contribution >= 4 is 15.9 Å².